The van der Waals surface area contributed by atoms with Crippen molar-refractivity contribution in [3.05, 3.63) is 0 Å². The summed E-state index contributed by atoms with van der Waals surface area (Å²) < 4.78 is 0. The zero-order valence-electron chi connectivity index (χ0n) is 6.55. The second-order valence-electron chi connectivity index (χ2n) is 2.36. The first kappa shape index (κ1) is 10.4. The van der Waals surface area contributed by atoms with Crippen LogP contribution in [0, 0.1) is 0 Å². The highest BCUT2D eigenvalue weighted by atomic mass is 16.4. The Kier molecular flexibility index (Phi) is 7.08. The van der Waals surface area contributed by atoms with Gasteiger partial charge in [-0.2, -0.15) is 0 Å². The summed E-state index contributed by atoms with van der Waals surface area (Å²) in [4.78, 5) is 10.0. The summed E-state index contributed by atoms with van der Waals surface area (Å²) in [6.45, 7) is 0.759. The summed E-state index contributed by atoms with van der Waals surface area (Å²) in [5.74, 6) is -0.736. The maximum absolute atomic E-state index is 10.0. The second kappa shape index (κ2) is 7.50. The first-order valence-corrected chi connectivity index (χ1v) is 3.80. The van der Waals surface area contributed by atoms with E-state index in [2.05, 4.69) is 5.32 Å². The van der Waals surface area contributed by atoms with Crippen molar-refractivity contribution < 1.29 is 15.0 Å². The molecular formula is C7H15NO3. The van der Waals surface area contributed by atoms with Gasteiger partial charge in [-0.1, -0.05) is 6.42 Å². The maximum Gasteiger partial charge on any atom is 0.303 e. The van der Waals surface area contributed by atoms with Crippen LogP contribution in [0.15, 0.2) is 0 Å². The van der Waals surface area contributed by atoms with Crippen molar-refractivity contribution in [1.82, 2.24) is 5.32 Å². The molecule has 0 spiro atoms. The number of aliphatic hydroxyl groups is 1. The van der Waals surface area contributed by atoms with Crippen LogP contribution in [0.3, 0.4) is 0 Å². The average Bonchev–Trinajstić information content (AvgIpc) is 1.96. The standard InChI is InChI=1S/C7H15NO3/c9-6-8-5-3-1-2-4-7(10)11/h8-9H,1-6H2,(H,10,11). The lowest BCUT2D eigenvalue weighted by molar-refractivity contribution is -0.137. The van der Waals surface area contributed by atoms with Crippen molar-refractivity contribution in [3.8, 4) is 0 Å². The quantitative estimate of drug-likeness (QED) is 0.368. The summed E-state index contributed by atoms with van der Waals surface area (Å²) in [5.41, 5.74) is 0. The van der Waals surface area contributed by atoms with E-state index in [1.165, 1.54) is 0 Å². The van der Waals surface area contributed by atoms with Gasteiger partial charge in [0, 0.05) is 6.42 Å². The van der Waals surface area contributed by atoms with Crippen LogP contribution in [0.5, 0.6) is 0 Å². The zero-order chi connectivity index (χ0) is 8.53. The molecule has 66 valence electrons. The van der Waals surface area contributed by atoms with E-state index in [1.807, 2.05) is 0 Å². The van der Waals surface area contributed by atoms with Crippen molar-refractivity contribution in [2.75, 3.05) is 13.3 Å². The highest BCUT2D eigenvalue weighted by molar-refractivity contribution is 5.66. The molecule has 0 amide bonds. The SMILES string of the molecule is O=C(O)CCCCCNCO. The fourth-order valence-corrected chi connectivity index (χ4v) is 0.782. The Morgan fingerprint density at radius 1 is 1.27 bits per heavy atom. The van der Waals surface area contributed by atoms with E-state index in [-0.39, 0.29) is 13.2 Å². The van der Waals surface area contributed by atoms with Crippen molar-refractivity contribution in [2.45, 2.75) is 25.7 Å². The Labute approximate surface area is 66.2 Å². The van der Waals surface area contributed by atoms with Gasteiger partial charge in [-0.3, -0.25) is 10.1 Å². The van der Waals surface area contributed by atoms with Crippen molar-refractivity contribution >= 4 is 5.97 Å². The van der Waals surface area contributed by atoms with Crippen LogP contribution in [-0.4, -0.2) is 29.5 Å². The third kappa shape index (κ3) is 9.39. The molecule has 0 atom stereocenters. The Hall–Kier alpha value is -0.610. The Balaban J connectivity index is 2.85. The molecule has 0 heterocycles. The fraction of sp³-hybridized carbons (Fsp3) is 0.857. The molecule has 0 fully saturated rings. The van der Waals surface area contributed by atoms with Crippen LogP contribution in [-0.2, 0) is 4.79 Å². The minimum atomic E-state index is -0.736. The van der Waals surface area contributed by atoms with Gasteiger partial charge >= 0.3 is 5.97 Å². The highest BCUT2D eigenvalue weighted by Gasteiger charge is 1.95. The van der Waals surface area contributed by atoms with Crippen LogP contribution >= 0.6 is 0 Å². The third-order valence-electron chi connectivity index (χ3n) is 1.36. The van der Waals surface area contributed by atoms with Gasteiger partial charge < -0.3 is 10.2 Å². The number of rotatable bonds is 7. The van der Waals surface area contributed by atoms with Gasteiger partial charge in [0.15, 0.2) is 0 Å². The Bertz CT molecular complexity index is 106. The number of unbranched alkanes of at least 4 members (excludes halogenated alkanes) is 2. The molecule has 0 bridgehead atoms. The van der Waals surface area contributed by atoms with E-state index in [1.54, 1.807) is 0 Å². The lowest BCUT2D eigenvalue weighted by atomic mass is 10.2. The summed E-state index contributed by atoms with van der Waals surface area (Å²) in [7, 11) is 0. The molecule has 11 heavy (non-hydrogen) atoms. The molecular weight excluding hydrogens is 146 g/mol. The Morgan fingerprint density at radius 2 is 2.00 bits per heavy atom. The van der Waals surface area contributed by atoms with Gasteiger partial charge in [0.05, 0.1) is 6.73 Å². The van der Waals surface area contributed by atoms with E-state index in [4.69, 9.17) is 10.2 Å². The molecule has 3 N–H and O–H groups in total. The monoisotopic (exact) mass is 161 g/mol. The van der Waals surface area contributed by atoms with Crippen molar-refractivity contribution in [1.29, 1.82) is 0 Å². The van der Waals surface area contributed by atoms with Gasteiger partial charge in [0.2, 0.25) is 0 Å². The largest absolute Gasteiger partial charge is 0.481 e. The van der Waals surface area contributed by atoms with E-state index in [0.717, 1.165) is 25.8 Å². The molecule has 4 heteroatoms. The summed E-state index contributed by atoms with van der Waals surface area (Å²) in [6, 6.07) is 0. The normalized spacial score (nSPS) is 9.91. The predicted molar refractivity (Wildman–Crippen MR) is 41.2 cm³/mol. The molecule has 0 aromatic rings. The van der Waals surface area contributed by atoms with Crippen molar-refractivity contribution in [2.24, 2.45) is 0 Å². The van der Waals surface area contributed by atoms with E-state index >= 15 is 0 Å². The van der Waals surface area contributed by atoms with Gasteiger partial charge in [0.1, 0.15) is 0 Å². The van der Waals surface area contributed by atoms with E-state index in [9.17, 15) is 4.79 Å². The molecule has 0 aromatic heterocycles. The molecule has 0 saturated heterocycles. The number of hydrogen-bond acceptors (Lipinski definition) is 3. The molecule has 0 radical (unpaired) electrons. The molecule has 0 aliphatic heterocycles. The first-order valence-electron chi connectivity index (χ1n) is 3.80. The maximum atomic E-state index is 10.0. The highest BCUT2D eigenvalue weighted by Crippen LogP contribution is 1.97. The average molecular weight is 161 g/mol. The van der Waals surface area contributed by atoms with Crippen LogP contribution in [0.1, 0.15) is 25.7 Å². The van der Waals surface area contributed by atoms with Crippen LogP contribution in [0.2, 0.25) is 0 Å². The second-order valence-corrected chi connectivity index (χ2v) is 2.36. The molecule has 0 aliphatic carbocycles. The molecule has 4 nitrogen and oxygen atoms in total. The number of carbonyl (C=O) groups is 1. The summed E-state index contributed by atoms with van der Waals surface area (Å²) >= 11 is 0. The Morgan fingerprint density at radius 3 is 2.55 bits per heavy atom. The van der Waals surface area contributed by atoms with E-state index < -0.39 is 5.97 Å². The molecule has 0 saturated carbocycles. The molecule has 0 aromatic carbocycles. The first-order chi connectivity index (χ1) is 5.27. The lowest BCUT2D eigenvalue weighted by Crippen LogP contribution is -2.15. The number of carboxylic acids is 1. The van der Waals surface area contributed by atoms with Crippen LogP contribution in [0.4, 0.5) is 0 Å². The van der Waals surface area contributed by atoms with Crippen molar-refractivity contribution in [3.63, 3.8) is 0 Å². The van der Waals surface area contributed by atoms with Crippen LogP contribution in [0.25, 0.3) is 0 Å². The topological polar surface area (TPSA) is 69.6 Å². The number of carboxylic acid groups (broad SMARTS) is 1. The van der Waals surface area contributed by atoms with Gasteiger partial charge in [-0.15, -0.1) is 0 Å². The number of aliphatic carboxylic acids is 1. The fourth-order valence-electron chi connectivity index (χ4n) is 0.782. The number of hydrogen-bond donors (Lipinski definition) is 3. The predicted octanol–water partition coefficient (Wildman–Crippen LogP) is 0.171. The van der Waals surface area contributed by atoms with Crippen LogP contribution < -0.4 is 5.32 Å². The summed E-state index contributed by atoms with van der Waals surface area (Å²) in [5, 5.41) is 19.3. The molecule has 0 unspecified atom stereocenters. The molecule has 0 aliphatic rings. The van der Waals surface area contributed by atoms with E-state index in [0.29, 0.717) is 0 Å². The number of aliphatic hydroxyl groups excluding tert-OH is 1. The molecule has 0 rings (SSSR count). The minimum absolute atomic E-state index is 0.00106. The summed E-state index contributed by atoms with van der Waals surface area (Å²) in [6.07, 6.45) is 2.80. The van der Waals surface area contributed by atoms with Gasteiger partial charge in [-0.25, -0.2) is 0 Å². The minimum Gasteiger partial charge on any atom is -0.481 e. The third-order valence-corrected chi connectivity index (χ3v) is 1.36. The smallest absolute Gasteiger partial charge is 0.303 e. The lowest BCUT2D eigenvalue weighted by Gasteiger charge is -1.98. The van der Waals surface area contributed by atoms with Gasteiger partial charge in [0.25, 0.3) is 0 Å². The number of nitrogens with one attached hydrogen (secondary N) is 1. The zero-order valence-corrected chi connectivity index (χ0v) is 6.55. The van der Waals surface area contributed by atoms with Gasteiger partial charge in [-0.05, 0) is 19.4 Å².